The van der Waals surface area contributed by atoms with Crippen molar-refractivity contribution in [2.75, 3.05) is 39.5 Å². The van der Waals surface area contributed by atoms with Crippen LogP contribution in [0.1, 0.15) is 44.7 Å². The molecule has 2 heterocycles. The summed E-state index contributed by atoms with van der Waals surface area (Å²) in [4.78, 5) is 55.9. The summed E-state index contributed by atoms with van der Waals surface area (Å²) in [5, 5.41) is 8.76. The fourth-order valence-corrected chi connectivity index (χ4v) is 5.35. The molecule has 10 heteroatoms. The van der Waals surface area contributed by atoms with Crippen molar-refractivity contribution in [1.29, 1.82) is 0 Å². The number of nitrogens with one attached hydrogen (secondary N) is 3. The van der Waals surface area contributed by atoms with E-state index in [1.165, 1.54) is 0 Å². The van der Waals surface area contributed by atoms with E-state index in [0.717, 1.165) is 11.1 Å². The SMILES string of the molecule is CC(C)C[C@H](NC(=O)[C@H](CCc1ccccc1)NC(=O)CN1CCOCC1)C(=O)N[C@@H](Cc1ccccc1)C(=O)C1(C)CO1. The minimum absolute atomic E-state index is 0.0808. The molecule has 0 spiro atoms. The molecule has 10 nitrogen and oxygen atoms in total. The second-order valence-electron chi connectivity index (χ2n) is 12.4. The van der Waals surface area contributed by atoms with Gasteiger partial charge in [-0.3, -0.25) is 24.1 Å². The molecule has 4 atom stereocenters. The highest BCUT2D eigenvalue weighted by Gasteiger charge is 2.50. The van der Waals surface area contributed by atoms with Crippen molar-refractivity contribution in [3.05, 3.63) is 71.8 Å². The normalized spacial score (nSPS) is 20.3. The fourth-order valence-electron chi connectivity index (χ4n) is 5.35. The van der Waals surface area contributed by atoms with Crippen LogP contribution in [0.4, 0.5) is 0 Å². The first-order valence-corrected chi connectivity index (χ1v) is 15.6. The molecule has 0 bridgehead atoms. The van der Waals surface area contributed by atoms with Gasteiger partial charge in [-0.25, -0.2) is 0 Å². The Bertz CT molecular complexity index is 1240. The number of benzene rings is 2. The first-order chi connectivity index (χ1) is 21.1. The topological polar surface area (TPSA) is 129 Å². The molecular weight excluding hydrogens is 560 g/mol. The molecule has 2 fully saturated rings. The molecular formula is C34H46N4O6. The van der Waals surface area contributed by atoms with Gasteiger partial charge in [0.15, 0.2) is 5.78 Å². The monoisotopic (exact) mass is 606 g/mol. The van der Waals surface area contributed by atoms with Crippen molar-refractivity contribution in [1.82, 2.24) is 20.9 Å². The van der Waals surface area contributed by atoms with Crippen LogP contribution in [0.25, 0.3) is 0 Å². The maximum absolute atomic E-state index is 13.7. The lowest BCUT2D eigenvalue weighted by molar-refractivity contribution is -0.134. The number of nitrogens with zero attached hydrogens (tertiary/aromatic N) is 1. The molecule has 0 aliphatic carbocycles. The third-order valence-corrected chi connectivity index (χ3v) is 8.04. The lowest BCUT2D eigenvalue weighted by Gasteiger charge is -2.28. The molecule has 44 heavy (non-hydrogen) atoms. The number of aryl methyl sites for hydroxylation is 1. The van der Waals surface area contributed by atoms with E-state index in [0.29, 0.717) is 58.6 Å². The summed E-state index contributed by atoms with van der Waals surface area (Å²) < 4.78 is 10.8. The van der Waals surface area contributed by atoms with Crippen LogP contribution < -0.4 is 16.0 Å². The maximum atomic E-state index is 13.7. The van der Waals surface area contributed by atoms with E-state index in [4.69, 9.17) is 9.47 Å². The Hall–Kier alpha value is -3.60. The van der Waals surface area contributed by atoms with E-state index in [-0.39, 0.29) is 24.2 Å². The van der Waals surface area contributed by atoms with Crippen molar-refractivity contribution in [2.45, 2.75) is 70.2 Å². The van der Waals surface area contributed by atoms with Gasteiger partial charge in [0.2, 0.25) is 17.7 Å². The van der Waals surface area contributed by atoms with Crippen LogP contribution in [-0.2, 0) is 41.5 Å². The highest BCUT2D eigenvalue weighted by Crippen LogP contribution is 2.29. The predicted octanol–water partition coefficient (Wildman–Crippen LogP) is 2.05. The number of epoxide rings is 1. The average Bonchev–Trinajstić information content (AvgIpc) is 3.77. The number of hydrogen-bond acceptors (Lipinski definition) is 7. The molecule has 238 valence electrons. The predicted molar refractivity (Wildman–Crippen MR) is 167 cm³/mol. The highest BCUT2D eigenvalue weighted by molar-refractivity contribution is 5.98. The van der Waals surface area contributed by atoms with Gasteiger partial charge in [0.1, 0.15) is 17.7 Å². The summed E-state index contributed by atoms with van der Waals surface area (Å²) >= 11 is 0. The number of carbonyl (C=O) groups excluding carboxylic acids is 4. The lowest BCUT2D eigenvalue weighted by atomic mass is 9.94. The molecule has 3 N–H and O–H groups in total. The number of hydrogen-bond donors (Lipinski definition) is 3. The number of ether oxygens (including phenoxy) is 2. The van der Waals surface area contributed by atoms with Crippen LogP contribution in [0.15, 0.2) is 60.7 Å². The molecule has 1 unspecified atom stereocenters. The van der Waals surface area contributed by atoms with E-state index in [9.17, 15) is 19.2 Å². The standard InChI is InChI=1S/C34H46N4O6/c1-24(2)20-29(33(42)36-28(31(40)34(3)23-44-34)21-26-12-8-5-9-13-26)37-32(41)27(15-14-25-10-6-4-7-11-25)35-30(39)22-38-16-18-43-19-17-38/h4-13,24,27-29H,14-23H2,1-3H3,(H,35,39)(H,36,42)(H,37,41)/t27-,28-,29-,34?/m0/s1. The van der Waals surface area contributed by atoms with Gasteiger partial charge in [-0.1, -0.05) is 74.5 Å². The fraction of sp³-hybridized carbons (Fsp3) is 0.529. The number of amides is 3. The van der Waals surface area contributed by atoms with Crippen LogP contribution in [0, 0.1) is 5.92 Å². The number of morpholine rings is 1. The number of carbonyl (C=O) groups is 4. The van der Waals surface area contributed by atoms with Crippen LogP contribution in [0.3, 0.4) is 0 Å². The molecule has 2 aromatic rings. The Kier molecular flexibility index (Phi) is 12.1. The summed E-state index contributed by atoms with van der Waals surface area (Å²) in [7, 11) is 0. The van der Waals surface area contributed by atoms with E-state index in [1.807, 2.05) is 79.4 Å². The molecule has 2 aliphatic heterocycles. The van der Waals surface area contributed by atoms with Crippen molar-refractivity contribution in [3.8, 4) is 0 Å². The zero-order chi connectivity index (χ0) is 31.5. The number of ketones is 1. The third-order valence-electron chi connectivity index (χ3n) is 8.04. The van der Waals surface area contributed by atoms with Gasteiger partial charge in [0.25, 0.3) is 0 Å². The lowest BCUT2D eigenvalue weighted by Crippen LogP contribution is -2.58. The second-order valence-corrected chi connectivity index (χ2v) is 12.4. The van der Waals surface area contributed by atoms with Crippen LogP contribution in [-0.4, -0.2) is 91.6 Å². The van der Waals surface area contributed by atoms with Crippen molar-refractivity contribution in [2.24, 2.45) is 5.92 Å². The van der Waals surface area contributed by atoms with Crippen molar-refractivity contribution in [3.63, 3.8) is 0 Å². The van der Waals surface area contributed by atoms with Crippen LogP contribution in [0.5, 0.6) is 0 Å². The number of rotatable bonds is 16. The molecule has 3 amide bonds. The summed E-state index contributed by atoms with van der Waals surface area (Å²) in [6.07, 6.45) is 1.62. The van der Waals surface area contributed by atoms with Crippen molar-refractivity contribution < 1.29 is 28.7 Å². The van der Waals surface area contributed by atoms with Crippen LogP contribution >= 0.6 is 0 Å². The zero-order valence-corrected chi connectivity index (χ0v) is 26.1. The van der Waals surface area contributed by atoms with Crippen molar-refractivity contribution >= 4 is 23.5 Å². The van der Waals surface area contributed by atoms with Gasteiger partial charge in [-0.15, -0.1) is 0 Å². The summed E-state index contributed by atoms with van der Waals surface area (Å²) in [6.45, 7) is 8.57. The summed E-state index contributed by atoms with van der Waals surface area (Å²) in [5.74, 6) is -1.23. The van der Waals surface area contributed by atoms with Gasteiger partial charge in [0.05, 0.1) is 32.4 Å². The molecule has 0 radical (unpaired) electrons. The van der Waals surface area contributed by atoms with E-state index >= 15 is 0 Å². The highest BCUT2D eigenvalue weighted by atomic mass is 16.6. The first-order valence-electron chi connectivity index (χ1n) is 15.6. The van der Waals surface area contributed by atoms with E-state index < -0.39 is 35.5 Å². The van der Waals surface area contributed by atoms with E-state index in [1.54, 1.807) is 6.92 Å². The Morgan fingerprint density at radius 1 is 0.818 bits per heavy atom. The Balaban J connectivity index is 1.46. The van der Waals surface area contributed by atoms with Gasteiger partial charge in [-0.2, -0.15) is 0 Å². The summed E-state index contributed by atoms with van der Waals surface area (Å²) in [5.41, 5.74) is 1.03. The first kappa shape index (κ1) is 33.3. The Morgan fingerprint density at radius 3 is 1.98 bits per heavy atom. The molecule has 2 aromatic carbocycles. The molecule has 4 rings (SSSR count). The molecule has 2 saturated heterocycles. The number of Topliss-reactive ketones (excluding diaryl/α,β-unsaturated/α-hetero) is 1. The van der Waals surface area contributed by atoms with Gasteiger partial charge >= 0.3 is 0 Å². The largest absolute Gasteiger partial charge is 0.379 e. The third kappa shape index (κ3) is 10.2. The zero-order valence-electron chi connectivity index (χ0n) is 26.1. The maximum Gasteiger partial charge on any atom is 0.243 e. The minimum atomic E-state index is -0.920. The molecule has 0 aromatic heterocycles. The van der Waals surface area contributed by atoms with Gasteiger partial charge < -0.3 is 25.4 Å². The quantitative estimate of drug-likeness (QED) is 0.250. The minimum Gasteiger partial charge on any atom is -0.379 e. The van der Waals surface area contributed by atoms with E-state index in [2.05, 4.69) is 16.0 Å². The second kappa shape index (κ2) is 15.9. The van der Waals surface area contributed by atoms with Crippen LogP contribution in [0.2, 0.25) is 0 Å². The molecule has 0 saturated carbocycles. The smallest absolute Gasteiger partial charge is 0.243 e. The van der Waals surface area contributed by atoms with Gasteiger partial charge in [-0.05, 0) is 49.7 Å². The van der Waals surface area contributed by atoms with Gasteiger partial charge in [0, 0.05) is 13.1 Å². The molecule has 2 aliphatic rings. The Morgan fingerprint density at radius 2 is 1.39 bits per heavy atom. The summed E-state index contributed by atoms with van der Waals surface area (Å²) in [6, 6.07) is 16.7. The average molecular weight is 607 g/mol. The Labute approximate surface area is 260 Å².